The molecule has 5 heterocycles. The molecule has 1 saturated heterocycles. The molecule has 0 spiro atoms. The van der Waals surface area contributed by atoms with Crippen LogP contribution in [0, 0.1) is 18.8 Å². The summed E-state index contributed by atoms with van der Waals surface area (Å²) in [5.74, 6) is 1.03. The van der Waals surface area contributed by atoms with Crippen LogP contribution in [0.1, 0.15) is 47.7 Å². The molecule has 4 aromatic heterocycles. The number of fused-ring (bicyclic) bond motifs is 1. The monoisotopic (exact) mass is 474 g/mol. The highest BCUT2D eigenvalue weighted by atomic mass is 19.1. The van der Waals surface area contributed by atoms with Gasteiger partial charge in [0.05, 0.1) is 5.56 Å². The first-order valence-electron chi connectivity index (χ1n) is 11.0. The van der Waals surface area contributed by atoms with E-state index < -0.39 is 11.9 Å². The Labute approximate surface area is 200 Å². The zero-order chi connectivity index (χ0) is 24.8. The highest BCUT2D eigenvalue weighted by Crippen LogP contribution is 2.39. The molecule has 0 unspecified atom stereocenters. The number of hydrogen-bond donors (Lipinski definition) is 2. The van der Waals surface area contributed by atoms with Crippen LogP contribution < -0.4 is 5.32 Å². The number of amides is 2. The van der Waals surface area contributed by atoms with Crippen LogP contribution >= 0.6 is 0 Å². The van der Waals surface area contributed by atoms with Gasteiger partial charge in [-0.15, -0.1) is 12.8 Å². The number of hydrogen-bond acceptors (Lipinski definition) is 7. The van der Waals surface area contributed by atoms with E-state index in [1.54, 1.807) is 4.52 Å². The minimum atomic E-state index is -0.640. The number of anilines is 2. The summed E-state index contributed by atoms with van der Waals surface area (Å²) in [5, 5.41) is 14.7. The van der Waals surface area contributed by atoms with Gasteiger partial charge >= 0.3 is 0 Å². The number of aromatic amines is 1. The molecule has 0 atom stereocenters. The minimum Gasteiger partial charge on any atom is -0.322 e. The highest BCUT2D eigenvalue weighted by Gasteiger charge is 2.27. The van der Waals surface area contributed by atoms with Crippen molar-refractivity contribution in [3.8, 4) is 12.8 Å². The third-order valence-corrected chi connectivity index (χ3v) is 5.49. The maximum absolute atomic E-state index is 12.5. The number of likely N-dealkylation sites (tertiary alicyclic amines) is 1. The largest absolute Gasteiger partial charge is 0.322 e. The molecule has 6 rings (SSSR count). The zero-order valence-corrected chi connectivity index (χ0v) is 18.8. The van der Waals surface area contributed by atoms with Gasteiger partial charge in [0.25, 0.3) is 5.91 Å². The molecular weight excluding hydrogens is 451 g/mol. The first-order valence-corrected chi connectivity index (χ1v) is 11.0. The third kappa shape index (κ3) is 5.50. The van der Waals surface area contributed by atoms with Gasteiger partial charge in [-0.2, -0.15) is 14.6 Å². The Kier molecular flexibility index (Phi) is 7.11. The van der Waals surface area contributed by atoms with Crippen LogP contribution in [0.2, 0.25) is 0 Å². The summed E-state index contributed by atoms with van der Waals surface area (Å²) in [4.78, 5) is 31.8. The van der Waals surface area contributed by atoms with Gasteiger partial charge in [0.2, 0.25) is 11.9 Å². The molecule has 1 aliphatic heterocycles. The van der Waals surface area contributed by atoms with Crippen molar-refractivity contribution in [1.82, 2.24) is 34.7 Å². The lowest BCUT2D eigenvalue weighted by molar-refractivity contribution is -0.125. The van der Waals surface area contributed by atoms with Gasteiger partial charge < -0.3 is 5.32 Å². The van der Waals surface area contributed by atoms with E-state index in [4.69, 9.17) is 0 Å². The van der Waals surface area contributed by atoms with Gasteiger partial charge in [0, 0.05) is 43.0 Å². The molecule has 2 N–H and O–H groups in total. The number of H-pyrrole nitrogens is 1. The number of nitrogens with zero attached hydrogens (tertiary/aromatic N) is 6. The number of aromatic nitrogens is 6. The second kappa shape index (κ2) is 10.6. The Morgan fingerprint density at radius 1 is 1.20 bits per heavy atom. The fourth-order valence-electron chi connectivity index (χ4n) is 3.61. The van der Waals surface area contributed by atoms with Crippen LogP contribution in [-0.4, -0.2) is 53.0 Å². The number of pyridine rings is 1. The summed E-state index contributed by atoms with van der Waals surface area (Å²) in [6.45, 7) is 0.440. The van der Waals surface area contributed by atoms with Crippen molar-refractivity contribution in [3.63, 3.8) is 0 Å². The van der Waals surface area contributed by atoms with Gasteiger partial charge in [0.1, 0.15) is 11.8 Å². The van der Waals surface area contributed by atoms with Crippen molar-refractivity contribution in [2.24, 2.45) is 0 Å². The van der Waals surface area contributed by atoms with Crippen LogP contribution in [0.5, 0.6) is 0 Å². The number of rotatable bonds is 4. The number of halogens is 1. The number of nitrogens with one attached hydrogen (secondary N) is 2. The van der Waals surface area contributed by atoms with Gasteiger partial charge in [-0.3, -0.25) is 19.6 Å². The van der Waals surface area contributed by atoms with Crippen LogP contribution in [0.15, 0.2) is 49.1 Å². The second-order valence-corrected chi connectivity index (χ2v) is 7.88. The van der Waals surface area contributed by atoms with Crippen molar-refractivity contribution in [3.05, 3.63) is 66.3 Å². The van der Waals surface area contributed by atoms with E-state index in [1.807, 2.05) is 18.3 Å². The van der Waals surface area contributed by atoms with E-state index in [0.717, 1.165) is 29.4 Å². The lowest BCUT2D eigenvalue weighted by Crippen LogP contribution is -2.31. The Bertz CT molecular complexity index is 1340. The van der Waals surface area contributed by atoms with E-state index in [9.17, 15) is 14.0 Å². The quantitative estimate of drug-likeness (QED) is 0.264. The SMILES string of the molecule is C#C.O=C1CCCN1C(=O)c1ccc(F)nc1.c1cc2c(Nc3cc(C4CC4)[nH]n3)ncnn2c1. The van der Waals surface area contributed by atoms with Crippen molar-refractivity contribution >= 4 is 29.0 Å². The molecule has 11 heteroatoms. The van der Waals surface area contributed by atoms with E-state index >= 15 is 0 Å². The number of carbonyl (C=O) groups excluding carboxylic acids is 2. The maximum atomic E-state index is 12.5. The first-order chi connectivity index (χ1) is 17.1. The molecule has 2 aliphatic rings. The summed E-state index contributed by atoms with van der Waals surface area (Å²) >= 11 is 0. The van der Waals surface area contributed by atoms with Crippen molar-refractivity contribution in [2.45, 2.75) is 31.6 Å². The molecule has 2 fully saturated rings. The molecule has 10 nitrogen and oxygen atoms in total. The lowest BCUT2D eigenvalue weighted by atomic mass is 10.2. The summed E-state index contributed by atoms with van der Waals surface area (Å²) < 4.78 is 14.3. The molecule has 4 aromatic rings. The van der Waals surface area contributed by atoms with Crippen LogP contribution in [0.4, 0.5) is 16.0 Å². The van der Waals surface area contributed by atoms with E-state index in [2.05, 4.69) is 49.5 Å². The molecular formula is C24H23FN8O2. The smallest absolute Gasteiger partial charge is 0.262 e. The topological polar surface area (TPSA) is 121 Å². The Hall–Kier alpha value is -4.59. The molecule has 178 valence electrons. The average molecular weight is 475 g/mol. The number of imide groups is 1. The summed E-state index contributed by atoms with van der Waals surface area (Å²) in [6.07, 6.45) is 16.2. The molecule has 35 heavy (non-hydrogen) atoms. The predicted octanol–water partition coefficient (Wildman–Crippen LogP) is 3.31. The fraction of sp³-hybridized carbons (Fsp3) is 0.250. The van der Waals surface area contributed by atoms with E-state index in [-0.39, 0.29) is 11.5 Å². The average Bonchev–Trinajstić information content (AvgIpc) is 3.23. The lowest BCUT2D eigenvalue weighted by Gasteiger charge is -2.12. The summed E-state index contributed by atoms with van der Waals surface area (Å²) in [5.41, 5.74) is 2.39. The molecule has 0 bridgehead atoms. The third-order valence-electron chi connectivity index (χ3n) is 5.49. The number of terminal acetylenes is 1. The fourth-order valence-corrected chi connectivity index (χ4v) is 3.61. The van der Waals surface area contributed by atoms with Gasteiger partial charge in [0.15, 0.2) is 11.6 Å². The molecule has 1 saturated carbocycles. The van der Waals surface area contributed by atoms with Crippen molar-refractivity contribution < 1.29 is 14.0 Å². The summed E-state index contributed by atoms with van der Waals surface area (Å²) in [6, 6.07) is 8.40. The molecule has 2 amide bonds. The van der Waals surface area contributed by atoms with Crippen molar-refractivity contribution in [1.29, 1.82) is 0 Å². The molecule has 0 aromatic carbocycles. The second-order valence-electron chi connectivity index (χ2n) is 7.88. The number of carbonyl (C=O) groups is 2. The Balaban J connectivity index is 0.000000157. The van der Waals surface area contributed by atoms with Crippen molar-refractivity contribution in [2.75, 3.05) is 11.9 Å². The standard InChI is InChI=1S/C12H12N6.C10H9FN2O2.C2H2/c1-2-10-12(13-7-14-18(10)5-1)15-11-6-9(16-17-11)8-3-4-8;11-8-4-3-7(6-12-8)10(15)13-5-1-2-9(13)14;1-2/h1-2,5-8H,3-4H2,(H2,13,14,15,16,17);3-4,6H,1-2,5H2;1-2H. The Morgan fingerprint density at radius 2 is 2.03 bits per heavy atom. The van der Waals surface area contributed by atoms with Crippen LogP contribution in [-0.2, 0) is 4.79 Å². The zero-order valence-electron chi connectivity index (χ0n) is 18.8. The van der Waals surface area contributed by atoms with Gasteiger partial charge in [-0.05, 0) is 43.5 Å². The predicted molar refractivity (Wildman–Crippen MR) is 126 cm³/mol. The summed E-state index contributed by atoms with van der Waals surface area (Å²) in [7, 11) is 0. The van der Waals surface area contributed by atoms with Gasteiger partial charge in [-0.1, -0.05) is 0 Å². The normalized spacial score (nSPS) is 14.6. The molecule has 1 aliphatic carbocycles. The van der Waals surface area contributed by atoms with Crippen LogP contribution in [0.3, 0.4) is 0 Å². The van der Waals surface area contributed by atoms with E-state index in [0.29, 0.717) is 25.3 Å². The molecule has 0 radical (unpaired) electrons. The van der Waals surface area contributed by atoms with Gasteiger partial charge in [-0.25, -0.2) is 14.5 Å². The minimum absolute atomic E-state index is 0.177. The maximum Gasteiger partial charge on any atom is 0.262 e. The first kappa shape index (κ1) is 23.6. The Morgan fingerprint density at radius 3 is 2.71 bits per heavy atom. The van der Waals surface area contributed by atoms with E-state index in [1.165, 1.54) is 35.8 Å². The highest BCUT2D eigenvalue weighted by molar-refractivity contribution is 6.05. The van der Waals surface area contributed by atoms with Crippen LogP contribution in [0.25, 0.3) is 5.52 Å².